The van der Waals surface area contributed by atoms with Crippen LogP contribution in [0, 0.1) is 0 Å². The lowest BCUT2D eigenvalue weighted by atomic mass is 10.0. The Morgan fingerprint density at radius 2 is 1.82 bits per heavy atom. The van der Waals surface area contributed by atoms with Crippen molar-refractivity contribution in [2.45, 2.75) is 6.42 Å². The number of carbonyl (C=O) groups excluding carboxylic acids is 2. The lowest BCUT2D eigenvalue weighted by Gasteiger charge is -2.05. The highest BCUT2D eigenvalue weighted by atomic mass is 32.1. The molecule has 0 spiro atoms. The normalized spacial score (nSPS) is 10.5. The average molecular weight is 310 g/mol. The van der Waals surface area contributed by atoms with E-state index in [9.17, 15) is 9.59 Å². The number of ether oxygens (including phenoxy) is 1. The van der Waals surface area contributed by atoms with Crippen LogP contribution in [-0.4, -0.2) is 18.4 Å². The number of ketones is 1. The van der Waals surface area contributed by atoms with Gasteiger partial charge in [-0.25, -0.2) is 0 Å². The van der Waals surface area contributed by atoms with Gasteiger partial charge >= 0.3 is 5.97 Å². The van der Waals surface area contributed by atoms with E-state index < -0.39 is 0 Å². The van der Waals surface area contributed by atoms with E-state index in [0.29, 0.717) is 5.56 Å². The van der Waals surface area contributed by atoms with Crippen molar-refractivity contribution in [3.63, 3.8) is 0 Å². The summed E-state index contributed by atoms with van der Waals surface area (Å²) in [5.41, 5.74) is 1.47. The monoisotopic (exact) mass is 310 g/mol. The van der Waals surface area contributed by atoms with Crippen LogP contribution in [0.5, 0.6) is 0 Å². The standard InChI is InChI=1S/C18H14O3S/c19-17(11-21-18(20)9-13-7-8-22-12-13)16-6-5-14-3-1-2-4-15(14)10-16/h1-8,10,12H,9,11H2. The number of fused-ring (bicyclic) bond motifs is 1. The van der Waals surface area contributed by atoms with Gasteiger partial charge in [0.05, 0.1) is 6.42 Å². The number of hydrogen-bond acceptors (Lipinski definition) is 4. The molecule has 1 aromatic heterocycles. The highest BCUT2D eigenvalue weighted by molar-refractivity contribution is 7.07. The number of carbonyl (C=O) groups is 2. The maximum atomic E-state index is 12.1. The second-order valence-electron chi connectivity index (χ2n) is 4.95. The number of Topliss-reactive ketones (excluding diaryl/α,β-unsaturated/α-hetero) is 1. The van der Waals surface area contributed by atoms with Crippen molar-refractivity contribution in [3.05, 3.63) is 70.4 Å². The van der Waals surface area contributed by atoms with Crippen LogP contribution in [0.2, 0.25) is 0 Å². The van der Waals surface area contributed by atoms with Crippen LogP contribution in [0.25, 0.3) is 10.8 Å². The van der Waals surface area contributed by atoms with Gasteiger partial charge in [-0.1, -0.05) is 36.4 Å². The fourth-order valence-corrected chi connectivity index (χ4v) is 2.87. The highest BCUT2D eigenvalue weighted by Crippen LogP contribution is 2.16. The molecule has 0 radical (unpaired) electrons. The van der Waals surface area contributed by atoms with Gasteiger partial charge in [0.1, 0.15) is 0 Å². The Bertz CT molecular complexity index is 806. The fourth-order valence-electron chi connectivity index (χ4n) is 2.20. The molecule has 22 heavy (non-hydrogen) atoms. The molecular weight excluding hydrogens is 296 g/mol. The molecule has 0 N–H and O–H groups in total. The third kappa shape index (κ3) is 3.40. The molecule has 0 aliphatic carbocycles. The minimum absolute atomic E-state index is 0.190. The van der Waals surface area contributed by atoms with Gasteiger partial charge < -0.3 is 4.74 Å². The average Bonchev–Trinajstić information content (AvgIpc) is 3.05. The summed E-state index contributed by atoms with van der Waals surface area (Å²) >= 11 is 1.53. The number of benzene rings is 2. The second-order valence-corrected chi connectivity index (χ2v) is 5.73. The van der Waals surface area contributed by atoms with Crippen LogP contribution in [0.15, 0.2) is 59.3 Å². The minimum atomic E-state index is -0.382. The molecule has 0 amide bonds. The maximum absolute atomic E-state index is 12.1. The number of thiophene rings is 1. The molecule has 4 heteroatoms. The first-order valence-corrected chi connectivity index (χ1v) is 7.85. The molecule has 0 atom stereocenters. The summed E-state index contributed by atoms with van der Waals surface area (Å²) in [7, 11) is 0. The quantitative estimate of drug-likeness (QED) is 0.531. The third-order valence-corrected chi connectivity index (χ3v) is 4.10. The Labute approximate surface area is 132 Å². The first-order valence-electron chi connectivity index (χ1n) is 6.91. The molecule has 3 nitrogen and oxygen atoms in total. The van der Waals surface area contributed by atoms with Crippen molar-refractivity contribution in [2.24, 2.45) is 0 Å². The van der Waals surface area contributed by atoms with Crippen LogP contribution in [0.3, 0.4) is 0 Å². The van der Waals surface area contributed by atoms with E-state index >= 15 is 0 Å². The van der Waals surface area contributed by atoms with Crippen LogP contribution in [0.4, 0.5) is 0 Å². The zero-order valence-electron chi connectivity index (χ0n) is 11.8. The smallest absolute Gasteiger partial charge is 0.310 e. The lowest BCUT2D eigenvalue weighted by Crippen LogP contribution is -2.15. The van der Waals surface area contributed by atoms with E-state index in [1.807, 2.05) is 53.2 Å². The van der Waals surface area contributed by atoms with E-state index in [1.54, 1.807) is 6.07 Å². The molecule has 0 unspecified atom stereocenters. The Hall–Kier alpha value is -2.46. The Morgan fingerprint density at radius 1 is 1.00 bits per heavy atom. The van der Waals surface area contributed by atoms with E-state index in [2.05, 4.69) is 0 Å². The van der Waals surface area contributed by atoms with Crippen molar-refractivity contribution in [1.29, 1.82) is 0 Å². The number of rotatable bonds is 5. The van der Waals surface area contributed by atoms with E-state index in [0.717, 1.165) is 16.3 Å². The molecule has 0 aliphatic heterocycles. The van der Waals surface area contributed by atoms with E-state index in [4.69, 9.17) is 4.74 Å². The van der Waals surface area contributed by atoms with Crippen LogP contribution >= 0.6 is 11.3 Å². The minimum Gasteiger partial charge on any atom is -0.457 e. The summed E-state index contributed by atoms with van der Waals surface area (Å²) in [5.74, 6) is -0.572. The molecule has 3 aromatic rings. The van der Waals surface area contributed by atoms with Gasteiger partial charge in [0.25, 0.3) is 0 Å². The van der Waals surface area contributed by atoms with Crippen molar-refractivity contribution in [1.82, 2.24) is 0 Å². The van der Waals surface area contributed by atoms with Gasteiger partial charge in [0.2, 0.25) is 0 Å². The van der Waals surface area contributed by atoms with Crippen molar-refractivity contribution in [3.8, 4) is 0 Å². The molecule has 2 aromatic carbocycles. The summed E-state index contributed by atoms with van der Waals surface area (Å²) in [4.78, 5) is 23.8. The fraction of sp³-hybridized carbons (Fsp3) is 0.111. The largest absolute Gasteiger partial charge is 0.457 e. The molecule has 0 aliphatic rings. The second kappa shape index (κ2) is 6.54. The Kier molecular flexibility index (Phi) is 4.30. The maximum Gasteiger partial charge on any atom is 0.310 e. The molecule has 0 saturated carbocycles. The zero-order chi connectivity index (χ0) is 15.4. The lowest BCUT2D eigenvalue weighted by molar-refractivity contribution is -0.141. The molecule has 0 bridgehead atoms. The van der Waals surface area contributed by atoms with Gasteiger partial charge in [-0.05, 0) is 39.2 Å². The van der Waals surface area contributed by atoms with Gasteiger partial charge in [-0.15, -0.1) is 0 Å². The molecule has 110 valence electrons. The number of esters is 1. The third-order valence-electron chi connectivity index (χ3n) is 3.36. The molecular formula is C18H14O3S. The van der Waals surface area contributed by atoms with Gasteiger partial charge in [0.15, 0.2) is 12.4 Å². The summed E-state index contributed by atoms with van der Waals surface area (Å²) in [5, 5.41) is 5.88. The molecule has 0 saturated heterocycles. The van der Waals surface area contributed by atoms with Gasteiger partial charge in [-0.3, -0.25) is 9.59 Å². The van der Waals surface area contributed by atoms with Crippen LogP contribution in [-0.2, 0) is 16.0 Å². The van der Waals surface area contributed by atoms with Crippen molar-refractivity contribution >= 4 is 33.9 Å². The predicted molar refractivity (Wildman–Crippen MR) is 87.3 cm³/mol. The van der Waals surface area contributed by atoms with Crippen LogP contribution < -0.4 is 0 Å². The van der Waals surface area contributed by atoms with Crippen molar-refractivity contribution < 1.29 is 14.3 Å². The van der Waals surface area contributed by atoms with Gasteiger partial charge in [-0.2, -0.15) is 11.3 Å². The predicted octanol–water partition coefficient (Wildman–Crippen LogP) is 3.87. The first kappa shape index (κ1) is 14.5. The van der Waals surface area contributed by atoms with E-state index in [-0.39, 0.29) is 24.8 Å². The van der Waals surface area contributed by atoms with Crippen LogP contribution in [0.1, 0.15) is 15.9 Å². The summed E-state index contributed by atoms with van der Waals surface area (Å²) in [6.07, 6.45) is 0.203. The van der Waals surface area contributed by atoms with Gasteiger partial charge in [0, 0.05) is 5.56 Å². The zero-order valence-corrected chi connectivity index (χ0v) is 12.6. The highest BCUT2D eigenvalue weighted by Gasteiger charge is 2.11. The summed E-state index contributed by atoms with van der Waals surface area (Å²) < 4.78 is 5.06. The Balaban J connectivity index is 1.62. The molecule has 0 fully saturated rings. The van der Waals surface area contributed by atoms with Crippen molar-refractivity contribution in [2.75, 3.05) is 6.61 Å². The number of hydrogen-bond donors (Lipinski definition) is 0. The summed E-state index contributed by atoms with van der Waals surface area (Å²) in [6.45, 7) is -0.221. The van der Waals surface area contributed by atoms with E-state index in [1.165, 1.54) is 11.3 Å². The topological polar surface area (TPSA) is 43.4 Å². The Morgan fingerprint density at radius 3 is 2.59 bits per heavy atom. The SMILES string of the molecule is O=C(Cc1ccsc1)OCC(=O)c1ccc2ccccc2c1. The molecule has 3 rings (SSSR count). The summed E-state index contributed by atoms with van der Waals surface area (Å²) in [6, 6.07) is 15.2. The first-order chi connectivity index (χ1) is 10.7. The molecule has 1 heterocycles.